The molecule has 0 saturated heterocycles. The minimum Gasteiger partial charge on any atom is -0.370 e. The fraction of sp³-hybridized carbons (Fsp3) is 0.583. The minimum atomic E-state index is -0.109. The fourth-order valence-electron chi connectivity index (χ4n) is 2.06. The van der Waals surface area contributed by atoms with Crippen molar-refractivity contribution < 1.29 is 4.79 Å². The van der Waals surface area contributed by atoms with Crippen molar-refractivity contribution in [2.24, 2.45) is 5.73 Å². The van der Waals surface area contributed by atoms with Crippen LogP contribution in [0.1, 0.15) is 36.8 Å². The number of aromatic nitrogens is 1. The van der Waals surface area contributed by atoms with Gasteiger partial charge in [0.2, 0.25) is 5.91 Å². The number of guanidine groups is 1. The second-order valence-corrected chi connectivity index (χ2v) is 5.68. The molecular weight excluding hydrogens is 262 g/mol. The molecule has 19 heavy (non-hydrogen) atoms. The molecule has 0 saturated carbocycles. The quantitative estimate of drug-likeness (QED) is 0.576. The van der Waals surface area contributed by atoms with E-state index in [0.29, 0.717) is 18.1 Å². The van der Waals surface area contributed by atoms with Gasteiger partial charge in [-0.3, -0.25) is 10.2 Å². The number of hydrogen-bond donors (Lipinski definition) is 3. The summed E-state index contributed by atoms with van der Waals surface area (Å²) < 4.78 is 0. The van der Waals surface area contributed by atoms with E-state index in [2.05, 4.69) is 17.2 Å². The number of rotatable bonds is 4. The number of amides is 1. The Morgan fingerprint density at radius 2 is 2.42 bits per heavy atom. The highest BCUT2D eigenvalue weighted by Crippen LogP contribution is 2.28. The molecule has 0 bridgehead atoms. The van der Waals surface area contributed by atoms with Crippen LogP contribution in [0.4, 0.5) is 5.13 Å². The third kappa shape index (κ3) is 3.44. The first-order chi connectivity index (χ1) is 9.10. The van der Waals surface area contributed by atoms with Gasteiger partial charge >= 0.3 is 0 Å². The Labute approximate surface area is 116 Å². The number of anilines is 1. The van der Waals surface area contributed by atoms with Crippen LogP contribution < -0.4 is 11.1 Å². The number of hydrogen-bond acceptors (Lipinski definition) is 4. The van der Waals surface area contributed by atoms with Gasteiger partial charge in [-0.15, -0.1) is 0 Å². The highest BCUT2D eigenvalue weighted by atomic mass is 32.1. The molecule has 4 N–H and O–H groups in total. The molecule has 0 atom stereocenters. The summed E-state index contributed by atoms with van der Waals surface area (Å²) in [4.78, 5) is 19.4. The normalized spacial score (nSPS) is 14.1. The van der Waals surface area contributed by atoms with Crippen molar-refractivity contribution in [1.82, 2.24) is 9.88 Å². The standard InChI is InChI=1S/C12H19N5OS/c1-2-3-4-10(18)17-6-5-8-9(7-17)19-12(15-8)16-11(13)14/h2-7H2,1H3,(H4,13,14,15,16). The third-order valence-electron chi connectivity index (χ3n) is 3.07. The van der Waals surface area contributed by atoms with Crippen LogP contribution in [-0.2, 0) is 17.8 Å². The lowest BCUT2D eigenvalue weighted by atomic mass is 10.1. The Hall–Kier alpha value is -1.63. The molecule has 1 amide bonds. The molecular formula is C12H19N5OS. The van der Waals surface area contributed by atoms with Gasteiger partial charge in [-0.05, 0) is 6.42 Å². The molecule has 0 aromatic carbocycles. The summed E-state index contributed by atoms with van der Waals surface area (Å²) in [6.07, 6.45) is 3.40. The lowest BCUT2D eigenvalue weighted by Gasteiger charge is -2.26. The Balaban J connectivity index is 2.01. The predicted molar refractivity (Wildman–Crippen MR) is 76.3 cm³/mol. The van der Waals surface area contributed by atoms with Gasteiger partial charge in [0.25, 0.3) is 0 Å². The lowest BCUT2D eigenvalue weighted by Crippen LogP contribution is -2.35. The monoisotopic (exact) mass is 281 g/mol. The zero-order chi connectivity index (χ0) is 13.8. The van der Waals surface area contributed by atoms with Crippen molar-refractivity contribution in [3.8, 4) is 0 Å². The van der Waals surface area contributed by atoms with E-state index in [-0.39, 0.29) is 11.9 Å². The highest BCUT2D eigenvalue weighted by Gasteiger charge is 2.23. The number of thiazole rings is 1. The van der Waals surface area contributed by atoms with Crippen LogP contribution in [0.2, 0.25) is 0 Å². The van der Waals surface area contributed by atoms with Crippen molar-refractivity contribution in [2.45, 2.75) is 39.2 Å². The Bertz CT molecular complexity index is 484. The number of nitrogens with one attached hydrogen (secondary N) is 2. The van der Waals surface area contributed by atoms with Crippen LogP contribution in [0.25, 0.3) is 0 Å². The van der Waals surface area contributed by atoms with Crippen LogP contribution in [0.5, 0.6) is 0 Å². The molecule has 1 aliphatic heterocycles. The van der Waals surface area contributed by atoms with Crippen molar-refractivity contribution >= 4 is 28.3 Å². The summed E-state index contributed by atoms with van der Waals surface area (Å²) in [6, 6.07) is 0. The molecule has 0 spiro atoms. The van der Waals surface area contributed by atoms with E-state index < -0.39 is 0 Å². The molecule has 0 unspecified atom stereocenters. The number of unbranched alkanes of at least 4 members (excludes halogenated alkanes) is 1. The third-order valence-corrected chi connectivity index (χ3v) is 4.07. The van der Waals surface area contributed by atoms with Crippen LogP contribution in [0.15, 0.2) is 0 Å². The molecule has 7 heteroatoms. The summed E-state index contributed by atoms with van der Waals surface area (Å²) in [5.41, 5.74) is 6.31. The smallest absolute Gasteiger partial charge is 0.222 e. The van der Waals surface area contributed by atoms with Crippen LogP contribution in [0.3, 0.4) is 0 Å². The molecule has 1 aromatic rings. The van der Waals surface area contributed by atoms with Crippen LogP contribution in [-0.4, -0.2) is 28.3 Å². The first-order valence-corrected chi connectivity index (χ1v) is 7.29. The van der Waals surface area contributed by atoms with Gasteiger partial charge in [0, 0.05) is 24.3 Å². The van der Waals surface area contributed by atoms with Crippen molar-refractivity contribution in [1.29, 1.82) is 5.41 Å². The Kier molecular flexibility index (Phi) is 4.36. The molecule has 2 heterocycles. The van der Waals surface area contributed by atoms with Gasteiger partial charge in [-0.1, -0.05) is 24.7 Å². The zero-order valence-corrected chi connectivity index (χ0v) is 11.8. The van der Waals surface area contributed by atoms with E-state index in [1.165, 1.54) is 11.3 Å². The first kappa shape index (κ1) is 13.8. The zero-order valence-electron chi connectivity index (χ0n) is 11.0. The highest BCUT2D eigenvalue weighted by molar-refractivity contribution is 7.15. The van der Waals surface area contributed by atoms with Crippen molar-refractivity contribution in [3.63, 3.8) is 0 Å². The van der Waals surface area contributed by atoms with Gasteiger partial charge < -0.3 is 16.0 Å². The number of nitrogens with two attached hydrogens (primary N) is 1. The van der Waals surface area contributed by atoms with Gasteiger partial charge in [-0.2, -0.15) is 0 Å². The van der Waals surface area contributed by atoms with E-state index in [0.717, 1.165) is 36.4 Å². The Morgan fingerprint density at radius 1 is 1.63 bits per heavy atom. The van der Waals surface area contributed by atoms with E-state index >= 15 is 0 Å². The molecule has 104 valence electrons. The maximum absolute atomic E-state index is 12.0. The van der Waals surface area contributed by atoms with E-state index in [4.69, 9.17) is 11.1 Å². The van der Waals surface area contributed by atoms with E-state index in [1.807, 2.05) is 4.90 Å². The molecule has 1 aromatic heterocycles. The number of fused-ring (bicyclic) bond motifs is 1. The first-order valence-electron chi connectivity index (χ1n) is 6.47. The Morgan fingerprint density at radius 3 is 3.11 bits per heavy atom. The summed E-state index contributed by atoms with van der Waals surface area (Å²) in [7, 11) is 0. The summed E-state index contributed by atoms with van der Waals surface area (Å²) >= 11 is 1.47. The lowest BCUT2D eigenvalue weighted by molar-refractivity contribution is -0.132. The van der Waals surface area contributed by atoms with E-state index in [1.54, 1.807) is 0 Å². The largest absolute Gasteiger partial charge is 0.370 e. The maximum atomic E-state index is 12.0. The number of carbonyl (C=O) groups excluding carboxylic acids is 1. The van der Waals surface area contributed by atoms with Gasteiger partial charge in [0.15, 0.2) is 11.1 Å². The predicted octanol–water partition coefficient (Wildman–Crippen LogP) is 1.52. The van der Waals surface area contributed by atoms with Crippen molar-refractivity contribution in [2.75, 3.05) is 11.9 Å². The summed E-state index contributed by atoms with van der Waals surface area (Å²) in [5.74, 6) is 0.115. The molecule has 0 fully saturated rings. The van der Waals surface area contributed by atoms with Gasteiger partial charge in [0.05, 0.1) is 12.2 Å². The number of carbonyl (C=O) groups is 1. The molecule has 6 nitrogen and oxygen atoms in total. The summed E-state index contributed by atoms with van der Waals surface area (Å²) in [6.45, 7) is 3.46. The van der Waals surface area contributed by atoms with Crippen LogP contribution in [0, 0.1) is 5.41 Å². The maximum Gasteiger partial charge on any atom is 0.222 e. The molecule has 0 radical (unpaired) electrons. The van der Waals surface area contributed by atoms with Crippen LogP contribution >= 0.6 is 11.3 Å². The average Bonchev–Trinajstić information content (AvgIpc) is 2.75. The van der Waals surface area contributed by atoms with Gasteiger partial charge in [-0.25, -0.2) is 4.98 Å². The second-order valence-electron chi connectivity index (χ2n) is 4.60. The molecule has 2 rings (SSSR count). The van der Waals surface area contributed by atoms with E-state index in [9.17, 15) is 4.79 Å². The molecule has 0 aliphatic carbocycles. The van der Waals surface area contributed by atoms with Gasteiger partial charge in [0.1, 0.15) is 0 Å². The minimum absolute atomic E-state index is 0.109. The fourth-order valence-corrected chi connectivity index (χ4v) is 3.10. The molecule has 1 aliphatic rings. The average molecular weight is 281 g/mol. The summed E-state index contributed by atoms with van der Waals surface area (Å²) in [5, 5.41) is 10.5. The topological polar surface area (TPSA) is 95.1 Å². The number of nitrogens with zero attached hydrogens (tertiary/aromatic N) is 2. The SMILES string of the molecule is CCCCC(=O)N1CCc2nc(NC(=N)N)sc2C1. The van der Waals surface area contributed by atoms with Crippen molar-refractivity contribution in [3.05, 3.63) is 10.6 Å². The second kappa shape index (κ2) is 6.01.